The molecule has 0 aliphatic carbocycles. The summed E-state index contributed by atoms with van der Waals surface area (Å²) in [5.41, 5.74) is 4.27. The van der Waals surface area contributed by atoms with Crippen molar-refractivity contribution >= 4 is 41.8 Å². The van der Waals surface area contributed by atoms with Crippen LogP contribution in [0.1, 0.15) is 21.5 Å². The summed E-state index contributed by atoms with van der Waals surface area (Å²) in [6, 6.07) is 17.3. The quantitative estimate of drug-likeness (QED) is 0.399. The van der Waals surface area contributed by atoms with Crippen molar-refractivity contribution in [1.82, 2.24) is 19.8 Å². The van der Waals surface area contributed by atoms with Gasteiger partial charge >= 0.3 is 0 Å². The van der Waals surface area contributed by atoms with E-state index in [9.17, 15) is 9.90 Å². The Balaban J connectivity index is 0.00000171. The fourth-order valence-electron chi connectivity index (χ4n) is 4.33. The van der Waals surface area contributed by atoms with Gasteiger partial charge in [0, 0.05) is 37.9 Å². The van der Waals surface area contributed by atoms with Crippen molar-refractivity contribution in [3.63, 3.8) is 0 Å². The van der Waals surface area contributed by atoms with Gasteiger partial charge < -0.3 is 20.1 Å². The third kappa shape index (κ3) is 4.93. The number of benzene rings is 2. The average molecular weight is 515 g/mol. The number of aromatic nitrogens is 2. The number of carbonyl (C=O) groups is 1. The van der Waals surface area contributed by atoms with E-state index in [0.29, 0.717) is 41.3 Å². The lowest BCUT2D eigenvalue weighted by Gasteiger charge is -2.27. The number of fused-ring (bicyclic) bond motifs is 1. The Morgan fingerprint density at radius 1 is 1.00 bits per heavy atom. The second-order valence-electron chi connectivity index (χ2n) is 8.28. The van der Waals surface area contributed by atoms with Crippen LogP contribution in [0.2, 0.25) is 0 Å². The Hall–Kier alpha value is -3.26. The van der Waals surface area contributed by atoms with Crippen LogP contribution in [-0.4, -0.2) is 51.6 Å². The van der Waals surface area contributed by atoms with Gasteiger partial charge in [-0.05, 0) is 37.1 Å². The molecule has 4 aromatic rings. The minimum Gasteiger partial charge on any atom is -0.506 e. The maximum atomic E-state index is 13.8. The minimum absolute atomic E-state index is 0. The van der Waals surface area contributed by atoms with E-state index >= 15 is 0 Å². The van der Waals surface area contributed by atoms with Crippen molar-refractivity contribution in [3.8, 4) is 23.1 Å². The van der Waals surface area contributed by atoms with Gasteiger partial charge in [-0.25, -0.2) is 4.98 Å². The van der Waals surface area contributed by atoms with Crippen molar-refractivity contribution in [1.29, 1.82) is 0 Å². The summed E-state index contributed by atoms with van der Waals surface area (Å²) in [4.78, 5) is 20.1. The molecule has 0 unspecified atom stereocenters. The first kappa shape index (κ1) is 26.3. The Kier molecular flexibility index (Phi) is 8.27. The number of piperazine rings is 1. The molecule has 7 nitrogen and oxygen atoms in total. The summed E-state index contributed by atoms with van der Waals surface area (Å²) >= 11 is 0. The maximum absolute atomic E-state index is 13.8. The van der Waals surface area contributed by atoms with Gasteiger partial charge in [-0.1, -0.05) is 36.4 Å². The lowest BCUT2D eigenvalue weighted by atomic mass is 10.1. The second kappa shape index (κ2) is 11.0. The zero-order valence-electron chi connectivity index (χ0n) is 19.5. The fraction of sp³-hybridized carbons (Fsp3) is 0.231. The largest absolute Gasteiger partial charge is 0.506 e. The fourth-order valence-corrected chi connectivity index (χ4v) is 4.33. The van der Waals surface area contributed by atoms with Crippen LogP contribution in [0.4, 0.5) is 0 Å². The number of carbonyl (C=O) groups excluding carboxylic acids is 1. The third-order valence-electron chi connectivity index (χ3n) is 5.99. The van der Waals surface area contributed by atoms with Crippen LogP contribution >= 0.6 is 24.8 Å². The van der Waals surface area contributed by atoms with Crippen molar-refractivity contribution in [2.24, 2.45) is 0 Å². The summed E-state index contributed by atoms with van der Waals surface area (Å²) in [7, 11) is 0. The normalized spacial score (nSPS) is 13.1. The lowest BCUT2D eigenvalue weighted by molar-refractivity contribution is 0.0734. The number of hydrogen-bond donors (Lipinski definition) is 2. The summed E-state index contributed by atoms with van der Waals surface area (Å²) in [5, 5.41) is 13.5. The molecule has 5 rings (SSSR count). The van der Waals surface area contributed by atoms with Crippen molar-refractivity contribution in [2.75, 3.05) is 26.2 Å². The summed E-state index contributed by atoms with van der Waals surface area (Å²) < 4.78 is 8.44. The number of hydrogen-bond acceptors (Lipinski definition) is 5. The van der Waals surface area contributed by atoms with Crippen LogP contribution in [0, 0.1) is 13.8 Å². The van der Waals surface area contributed by atoms with Gasteiger partial charge in [0.15, 0.2) is 0 Å². The van der Waals surface area contributed by atoms with E-state index in [4.69, 9.17) is 4.74 Å². The Bertz CT molecular complexity index is 1320. The SMILES string of the molecule is Cc1cccc(C)c1Oc1c(C(=O)N2CCNCC2)c2ncc(O)cc2n1-c1ccccc1.Cl.Cl. The smallest absolute Gasteiger partial charge is 0.261 e. The van der Waals surface area contributed by atoms with Crippen molar-refractivity contribution in [3.05, 3.63) is 77.5 Å². The molecule has 0 atom stereocenters. The van der Waals surface area contributed by atoms with Crippen LogP contribution in [0.5, 0.6) is 17.4 Å². The molecule has 2 aromatic carbocycles. The molecule has 0 radical (unpaired) electrons. The van der Waals surface area contributed by atoms with Crippen LogP contribution in [0.3, 0.4) is 0 Å². The van der Waals surface area contributed by atoms with Crippen LogP contribution in [0.25, 0.3) is 16.7 Å². The molecule has 184 valence electrons. The number of ether oxygens (including phenoxy) is 1. The third-order valence-corrected chi connectivity index (χ3v) is 5.99. The molecule has 9 heteroatoms. The van der Waals surface area contributed by atoms with Crippen LogP contribution in [-0.2, 0) is 0 Å². The second-order valence-corrected chi connectivity index (χ2v) is 8.28. The van der Waals surface area contributed by atoms with E-state index < -0.39 is 0 Å². The van der Waals surface area contributed by atoms with E-state index in [1.807, 2.05) is 71.8 Å². The number of para-hydroxylation sites is 2. The average Bonchev–Trinajstić information content (AvgIpc) is 3.15. The molecule has 2 aromatic heterocycles. The van der Waals surface area contributed by atoms with Gasteiger partial charge in [0.05, 0.1) is 11.7 Å². The van der Waals surface area contributed by atoms with E-state index in [0.717, 1.165) is 29.9 Å². The molecule has 1 aliphatic rings. The highest BCUT2D eigenvalue weighted by Crippen LogP contribution is 2.40. The molecule has 1 fully saturated rings. The number of halogens is 2. The predicted octanol–water partition coefficient (Wildman–Crippen LogP) is 5.03. The number of aryl methyl sites for hydroxylation is 2. The molecule has 35 heavy (non-hydrogen) atoms. The van der Waals surface area contributed by atoms with Gasteiger partial charge in [-0.2, -0.15) is 0 Å². The number of nitrogens with one attached hydrogen (secondary N) is 1. The summed E-state index contributed by atoms with van der Waals surface area (Å²) in [6.45, 7) is 6.67. The van der Waals surface area contributed by atoms with Crippen LogP contribution < -0.4 is 10.1 Å². The molecular formula is C26H28Cl2N4O3. The molecular weight excluding hydrogens is 487 g/mol. The van der Waals surface area contributed by atoms with Gasteiger partial charge in [-0.15, -0.1) is 24.8 Å². The Morgan fingerprint density at radius 2 is 1.66 bits per heavy atom. The van der Waals surface area contributed by atoms with E-state index in [2.05, 4.69) is 10.3 Å². The zero-order chi connectivity index (χ0) is 22.9. The van der Waals surface area contributed by atoms with Gasteiger partial charge in [0.2, 0.25) is 5.88 Å². The molecule has 0 saturated carbocycles. The number of rotatable bonds is 4. The Morgan fingerprint density at radius 3 is 2.31 bits per heavy atom. The molecule has 3 heterocycles. The van der Waals surface area contributed by atoms with E-state index in [1.165, 1.54) is 6.20 Å². The number of nitrogens with zero attached hydrogens (tertiary/aromatic N) is 3. The number of amides is 1. The highest BCUT2D eigenvalue weighted by atomic mass is 35.5. The molecule has 2 N–H and O–H groups in total. The van der Waals surface area contributed by atoms with Crippen molar-refractivity contribution < 1.29 is 14.6 Å². The van der Waals surface area contributed by atoms with Gasteiger partial charge in [0.25, 0.3) is 5.91 Å². The van der Waals surface area contributed by atoms with E-state index in [-0.39, 0.29) is 36.5 Å². The van der Waals surface area contributed by atoms with Crippen molar-refractivity contribution in [2.45, 2.75) is 13.8 Å². The first-order valence-electron chi connectivity index (χ1n) is 11.1. The summed E-state index contributed by atoms with van der Waals surface area (Å²) in [6.07, 6.45) is 1.37. The zero-order valence-corrected chi connectivity index (χ0v) is 21.2. The number of pyridine rings is 1. The van der Waals surface area contributed by atoms with Crippen LogP contribution in [0.15, 0.2) is 60.8 Å². The lowest BCUT2D eigenvalue weighted by Crippen LogP contribution is -2.46. The van der Waals surface area contributed by atoms with Gasteiger partial charge in [-0.3, -0.25) is 9.36 Å². The molecule has 1 saturated heterocycles. The monoisotopic (exact) mass is 514 g/mol. The minimum atomic E-state index is -0.129. The topological polar surface area (TPSA) is 79.6 Å². The molecule has 0 spiro atoms. The highest BCUT2D eigenvalue weighted by Gasteiger charge is 2.31. The first-order chi connectivity index (χ1) is 16.0. The highest BCUT2D eigenvalue weighted by molar-refractivity contribution is 6.09. The molecule has 0 bridgehead atoms. The Labute approximate surface area is 216 Å². The predicted molar refractivity (Wildman–Crippen MR) is 142 cm³/mol. The first-order valence-corrected chi connectivity index (χ1v) is 11.1. The summed E-state index contributed by atoms with van der Waals surface area (Å²) in [5.74, 6) is 0.999. The van der Waals surface area contributed by atoms with E-state index in [1.54, 1.807) is 6.07 Å². The molecule has 1 aliphatic heterocycles. The van der Waals surface area contributed by atoms with Gasteiger partial charge in [0.1, 0.15) is 22.6 Å². The standard InChI is InChI=1S/C26H26N4O3.2ClH/c1-17-7-6-8-18(2)24(17)33-26-22(25(32)29-13-11-27-12-14-29)23-21(15-20(31)16-28-23)30(26)19-9-4-3-5-10-19;;/h3-10,15-16,27,31H,11-14H2,1-2H3;2*1H. The number of aromatic hydroxyl groups is 1. The molecule has 1 amide bonds. The maximum Gasteiger partial charge on any atom is 0.261 e.